The second kappa shape index (κ2) is 8.95. The summed E-state index contributed by atoms with van der Waals surface area (Å²) in [7, 11) is 0. The highest BCUT2D eigenvalue weighted by molar-refractivity contribution is 6.04. The lowest BCUT2D eigenvalue weighted by Gasteiger charge is -2.35. The van der Waals surface area contributed by atoms with Crippen LogP contribution in [0.4, 0.5) is 0 Å². The number of benzene rings is 1. The van der Waals surface area contributed by atoms with Crippen LogP contribution in [0.15, 0.2) is 29.1 Å². The van der Waals surface area contributed by atoms with Gasteiger partial charge in [0.05, 0.1) is 18.6 Å². The second-order valence-electron chi connectivity index (χ2n) is 7.93. The van der Waals surface area contributed by atoms with Crippen LogP contribution < -0.4 is 5.56 Å². The summed E-state index contributed by atoms with van der Waals surface area (Å²) < 4.78 is 6.72. The van der Waals surface area contributed by atoms with Crippen LogP contribution in [0, 0.1) is 5.92 Å². The summed E-state index contributed by atoms with van der Waals surface area (Å²) in [6.07, 6.45) is 2.05. The average molecular weight is 412 g/mol. The minimum absolute atomic E-state index is 0.0501. The molecule has 1 aromatic heterocycles. The first-order valence-corrected chi connectivity index (χ1v) is 10.8. The van der Waals surface area contributed by atoms with Gasteiger partial charge < -0.3 is 14.5 Å². The molecular formula is C22H28N4O4. The molecule has 4 rings (SSSR count). The summed E-state index contributed by atoms with van der Waals surface area (Å²) in [6.45, 7) is 5.95. The van der Waals surface area contributed by atoms with Crippen LogP contribution in [0.25, 0.3) is 10.8 Å². The number of nitrogens with zero attached hydrogens (tertiary/aromatic N) is 4. The Morgan fingerprint density at radius 2 is 1.70 bits per heavy atom. The molecule has 0 aliphatic carbocycles. The van der Waals surface area contributed by atoms with Crippen LogP contribution in [0.3, 0.4) is 0 Å². The van der Waals surface area contributed by atoms with Crippen molar-refractivity contribution in [3.8, 4) is 0 Å². The van der Waals surface area contributed by atoms with E-state index in [0.29, 0.717) is 75.2 Å². The van der Waals surface area contributed by atoms with Crippen molar-refractivity contribution in [2.75, 3.05) is 39.4 Å². The zero-order valence-electron chi connectivity index (χ0n) is 17.4. The maximum Gasteiger partial charge on any atom is 0.274 e. The molecule has 2 aliphatic rings. The topological polar surface area (TPSA) is 84.7 Å². The quantitative estimate of drug-likeness (QED) is 0.760. The number of hydrogen-bond donors (Lipinski definition) is 0. The zero-order valence-corrected chi connectivity index (χ0v) is 17.4. The van der Waals surface area contributed by atoms with E-state index in [9.17, 15) is 14.4 Å². The van der Waals surface area contributed by atoms with Crippen molar-refractivity contribution in [1.29, 1.82) is 0 Å². The smallest absolute Gasteiger partial charge is 0.274 e. The highest BCUT2D eigenvalue weighted by Gasteiger charge is 2.32. The summed E-state index contributed by atoms with van der Waals surface area (Å²) in [5, 5.41) is 5.52. The third-order valence-electron chi connectivity index (χ3n) is 5.96. The monoisotopic (exact) mass is 412 g/mol. The lowest BCUT2D eigenvalue weighted by atomic mass is 9.94. The molecular weight excluding hydrogens is 384 g/mol. The SMILES string of the molecule is CCCn1nc(C(=O)N2CCC(C(=O)N3CCOCC3)CC2)c2ccccc2c1=O. The summed E-state index contributed by atoms with van der Waals surface area (Å²) in [6, 6.07) is 7.14. The fourth-order valence-electron chi connectivity index (χ4n) is 4.28. The minimum atomic E-state index is -0.173. The molecule has 3 heterocycles. The summed E-state index contributed by atoms with van der Waals surface area (Å²) in [4.78, 5) is 42.3. The van der Waals surface area contributed by atoms with Crippen LogP contribution in [0.1, 0.15) is 36.7 Å². The van der Waals surface area contributed by atoms with Gasteiger partial charge in [-0.1, -0.05) is 25.1 Å². The molecule has 1 aromatic carbocycles. The average Bonchev–Trinajstić information content (AvgIpc) is 2.81. The van der Waals surface area contributed by atoms with Crippen molar-refractivity contribution >= 4 is 22.6 Å². The number of carbonyl (C=O) groups is 2. The number of piperidine rings is 1. The minimum Gasteiger partial charge on any atom is -0.378 e. The Balaban J connectivity index is 1.52. The van der Waals surface area contributed by atoms with Gasteiger partial charge in [-0.05, 0) is 25.3 Å². The number of carbonyl (C=O) groups excluding carboxylic acids is 2. The van der Waals surface area contributed by atoms with Crippen molar-refractivity contribution in [3.63, 3.8) is 0 Å². The third kappa shape index (κ3) is 3.96. The van der Waals surface area contributed by atoms with E-state index >= 15 is 0 Å². The Morgan fingerprint density at radius 1 is 1.03 bits per heavy atom. The lowest BCUT2D eigenvalue weighted by molar-refractivity contribution is -0.141. The largest absolute Gasteiger partial charge is 0.378 e. The lowest BCUT2D eigenvalue weighted by Crippen LogP contribution is -2.47. The number of fused-ring (bicyclic) bond motifs is 1. The van der Waals surface area contributed by atoms with Crippen molar-refractivity contribution < 1.29 is 14.3 Å². The number of rotatable bonds is 4. The van der Waals surface area contributed by atoms with Gasteiger partial charge in [-0.2, -0.15) is 5.10 Å². The molecule has 2 fully saturated rings. The Kier molecular flexibility index (Phi) is 6.13. The second-order valence-corrected chi connectivity index (χ2v) is 7.93. The molecule has 30 heavy (non-hydrogen) atoms. The van der Waals surface area contributed by atoms with E-state index in [1.54, 1.807) is 23.1 Å². The van der Waals surface area contributed by atoms with Gasteiger partial charge in [0.15, 0.2) is 5.69 Å². The molecule has 8 nitrogen and oxygen atoms in total. The van der Waals surface area contributed by atoms with Gasteiger partial charge in [0.25, 0.3) is 11.5 Å². The van der Waals surface area contributed by atoms with E-state index in [1.165, 1.54) is 4.68 Å². The molecule has 2 saturated heterocycles. The predicted octanol–water partition coefficient (Wildman–Crippen LogP) is 1.52. The van der Waals surface area contributed by atoms with Gasteiger partial charge in [-0.25, -0.2) is 4.68 Å². The number of amides is 2. The van der Waals surface area contributed by atoms with Gasteiger partial charge in [-0.3, -0.25) is 14.4 Å². The van der Waals surface area contributed by atoms with Crippen LogP contribution >= 0.6 is 0 Å². The Hall–Kier alpha value is -2.74. The van der Waals surface area contributed by atoms with Gasteiger partial charge in [0.1, 0.15) is 0 Å². The van der Waals surface area contributed by atoms with E-state index in [0.717, 1.165) is 6.42 Å². The molecule has 2 aromatic rings. The van der Waals surface area contributed by atoms with Gasteiger partial charge in [0.2, 0.25) is 5.91 Å². The number of likely N-dealkylation sites (tertiary alicyclic amines) is 1. The van der Waals surface area contributed by atoms with Gasteiger partial charge >= 0.3 is 0 Å². The van der Waals surface area contributed by atoms with Gasteiger partial charge in [0, 0.05) is 44.0 Å². The van der Waals surface area contributed by atoms with Crippen LogP contribution in [0.2, 0.25) is 0 Å². The Bertz CT molecular complexity index is 988. The van der Waals surface area contributed by atoms with E-state index in [2.05, 4.69) is 5.10 Å². The standard InChI is InChI=1S/C22H28N4O4/c1-2-9-26-21(28)18-6-4-3-5-17(18)19(23-26)22(29)24-10-7-16(8-11-24)20(27)25-12-14-30-15-13-25/h3-6,16H,2,7-15H2,1H3. The zero-order chi connectivity index (χ0) is 21.1. The molecule has 0 N–H and O–H groups in total. The van der Waals surface area contributed by atoms with Crippen LogP contribution in [-0.4, -0.2) is 70.8 Å². The molecule has 0 bridgehead atoms. The molecule has 0 unspecified atom stereocenters. The van der Waals surface area contributed by atoms with E-state index in [1.807, 2.05) is 17.9 Å². The van der Waals surface area contributed by atoms with Gasteiger partial charge in [-0.15, -0.1) is 0 Å². The molecule has 2 amide bonds. The normalized spacial score (nSPS) is 18.0. The number of aryl methyl sites for hydroxylation is 1. The van der Waals surface area contributed by atoms with E-state index in [4.69, 9.17) is 4.74 Å². The first-order valence-electron chi connectivity index (χ1n) is 10.8. The first-order chi connectivity index (χ1) is 14.6. The summed E-state index contributed by atoms with van der Waals surface area (Å²) in [5.74, 6) is -0.0512. The van der Waals surface area contributed by atoms with Crippen molar-refractivity contribution in [3.05, 3.63) is 40.3 Å². The predicted molar refractivity (Wildman–Crippen MR) is 112 cm³/mol. The highest BCUT2D eigenvalue weighted by Crippen LogP contribution is 2.23. The van der Waals surface area contributed by atoms with E-state index in [-0.39, 0.29) is 23.3 Å². The molecule has 8 heteroatoms. The molecule has 2 aliphatic heterocycles. The van der Waals surface area contributed by atoms with Crippen molar-refractivity contribution in [1.82, 2.24) is 19.6 Å². The Morgan fingerprint density at radius 3 is 2.37 bits per heavy atom. The fourth-order valence-corrected chi connectivity index (χ4v) is 4.28. The molecule has 160 valence electrons. The molecule has 0 atom stereocenters. The number of hydrogen-bond acceptors (Lipinski definition) is 5. The van der Waals surface area contributed by atoms with Crippen LogP contribution in [0.5, 0.6) is 0 Å². The van der Waals surface area contributed by atoms with Crippen LogP contribution in [-0.2, 0) is 16.1 Å². The molecule has 0 saturated carbocycles. The fraction of sp³-hybridized carbons (Fsp3) is 0.545. The van der Waals surface area contributed by atoms with Crippen molar-refractivity contribution in [2.45, 2.75) is 32.7 Å². The number of ether oxygens (including phenoxy) is 1. The highest BCUT2D eigenvalue weighted by atomic mass is 16.5. The van der Waals surface area contributed by atoms with Crippen molar-refractivity contribution in [2.24, 2.45) is 5.92 Å². The molecule has 0 radical (unpaired) electrons. The summed E-state index contributed by atoms with van der Waals surface area (Å²) >= 11 is 0. The maximum absolute atomic E-state index is 13.3. The van der Waals surface area contributed by atoms with E-state index < -0.39 is 0 Å². The maximum atomic E-state index is 13.3. The molecule has 0 spiro atoms. The number of aromatic nitrogens is 2. The third-order valence-corrected chi connectivity index (χ3v) is 5.96. The number of morpholine rings is 1. The summed E-state index contributed by atoms with van der Waals surface area (Å²) in [5.41, 5.74) is 0.149. The first kappa shape index (κ1) is 20.5. The Labute approximate surface area is 175 Å².